The van der Waals surface area contributed by atoms with Gasteiger partial charge in [-0.3, -0.25) is 9.36 Å². The van der Waals surface area contributed by atoms with Gasteiger partial charge in [0.05, 0.1) is 30.9 Å². The van der Waals surface area contributed by atoms with E-state index in [1.165, 1.54) is 4.57 Å². The number of ether oxygens (including phenoxy) is 1. The minimum Gasteiger partial charge on any atom is -0.497 e. The molecule has 5 aromatic rings. The van der Waals surface area contributed by atoms with Crippen LogP contribution in [0.15, 0.2) is 88.4 Å². The van der Waals surface area contributed by atoms with Gasteiger partial charge in [-0.25, -0.2) is 9.67 Å². The Hall–Kier alpha value is -4.13. The smallest absolute Gasteiger partial charge is 0.269 e. The Bertz CT molecular complexity index is 1340. The molecule has 0 aliphatic rings. The fourth-order valence-electron chi connectivity index (χ4n) is 3.27. The number of methoxy groups -OCH3 is 1. The third kappa shape index (κ3) is 2.80. The number of fused-ring (bicyclic) bond motifs is 1. The lowest BCUT2D eigenvalue weighted by molar-refractivity contribution is 0.414. The van der Waals surface area contributed by atoms with Crippen LogP contribution >= 0.6 is 0 Å². The number of furan rings is 1. The zero-order chi connectivity index (χ0) is 19.8. The highest BCUT2D eigenvalue weighted by Crippen LogP contribution is 2.24. The lowest BCUT2D eigenvalue weighted by Crippen LogP contribution is -2.21. The zero-order valence-electron chi connectivity index (χ0n) is 15.5. The van der Waals surface area contributed by atoms with Gasteiger partial charge in [-0.15, -0.1) is 0 Å². The number of rotatable bonds is 4. The molecule has 0 atom stereocenters. The van der Waals surface area contributed by atoms with E-state index in [1.807, 2.05) is 42.5 Å². The van der Waals surface area contributed by atoms with Crippen molar-refractivity contribution in [2.24, 2.45) is 0 Å². The minimum absolute atomic E-state index is 0.228. The normalized spacial score (nSPS) is 11.1. The van der Waals surface area contributed by atoms with E-state index in [0.717, 1.165) is 5.69 Å². The van der Waals surface area contributed by atoms with Crippen LogP contribution < -0.4 is 10.3 Å². The number of aromatic nitrogens is 4. The van der Waals surface area contributed by atoms with E-state index in [4.69, 9.17) is 14.1 Å². The van der Waals surface area contributed by atoms with Crippen molar-refractivity contribution in [2.75, 3.05) is 7.11 Å². The van der Waals surface area contributed by atoms with Crippen LogP contribution in [0, 0.1) is 0 Å². The highest BCUT2D eigenvalue weighted by molar-refractivity contribution is 5.78. The lowest BCUT2D eigenvalue weighted by Gasteiger charge is -2.12. The summed E-state index contributed by atoms with van der Waals surface area (Å²) in [5.74, 6) is 1.59. The van der Waals surface area contributed by atoms with Gasteiger partial charge in [0, 0.05) is 0 Å². The van der Waals surface area contributed by atoms with Crippen molar-refractivity contribution in [2.45, 2.75) is 0 Å². The second-order valence-electron chi connectivity index (χ2n) is 6.38. The van der Waals surface area contributed by atoms with Crippen molar-refractivity contribution in [3.63, 3.8) is 0 Å². The topological polar surface area (TPSA) is 75.1 Å². The highest BCUT2D eigenvalue weighted by Gasteiger charge is 2.19. The molecule has 7 heteroatoms. The molecule has 0 saturated carbocycles. The Morgan fingerprint density at radius 3 is 2.41 bits per heavy atom. The maximum atomic E-state index is 13.4. The van der Waals surface area contributed by atoms with Gasteiger partial charge in [-0.2, -0.15) is 5.10 Å². The Balaban J connectivity index is 1.82. The second-order valence-corrected chi connectivity index (χ2v) is 6.38. The predicted octanol–water partition coefficient (Wildman–Crippen LogP) is 3.84. The number of benzene rings is 2. The van der Waals surface area contributed by atoms with Crippen LogP contribution in [0.2, 0.25) is 0 Å². The van der Waals surface area contributed by atoms with Gasteiger partial charge < -0.3 is 9.15 Å². The zero-order valence-corrected chi connectivity index (χ0v) is 15.5. The van der Waals surface area contributed by atoms with E-state index in [-0.39, 0.29) is 5.56 Å². The molecular weight excluding hydrogens is 368 g/mol. The third-order valence-electron chi connectivity index (χ3n) is 4.67. The summed E-state index contributed by atoms with van der Waals surface area (Å²) < 4.78 is 14.0. The van der Waals surface area contributed by atoms with Crippen LogP contribution in [-0.2, 0) is 0 Å². The molecule has 0 aliphatic heterocycles. The molecule has 3 aromatic heterocycles. The third-order valence-corrected chi connectivity index (χ3v) is 4.67. The van der Waals surface area contributed by atoms with E-state index >= 15 is 0 Å². The van der Waals surface area contributed by atoms with E-state index in [9.17, 15) is 4.79 Å². The predicted molar refractivity (Wildman–Crippen MR) is 109 cm³/mol. The molecule has 0 saturated heterocycles. The van der Waals surface area contributed by atoms with Crippen molar-refractivity contribution < 1.29 is 9.15 Å². The minimum atomic E-state index is -0.228. The number of hydrogen-bond acceptors (Lipinski definition) is 5. The van der Waals surface area contributed by atoms with Gasteiger partial charge >= 0.3 is 0 Å². The summed E-state index contributed by atoms with van der Waals surface area (Å²) >= 11 is 0. The molecule has 0 amide bonds. The van der Waals surface area contributed by atoms with Crippen molar-refractivity contribution in [3.8, 4) is 28.7 Å². The van der Waals surface area contributed by atoms with Crippen LogP contribution in [0.25, 0.3) is 34.0 Å². The number of hydrogen-bond donors (Lipinski definition) is 0. The van der Waals surface area contributed by atoms with Gasteiger partial charge in [0.2, 0.25) is 0 Å². The molecule has 0 N–H and O–H groups in total. The number of nitrogens with zero attached hydrogens (tertiary/aromatic N) is 4. The quantitative estimate of drug-likeness (QED) is 0.471. The lowest BCUT2D eigenvalue weighted by atomic mass is 10.2. The van der Waals surface area contributed by atoms with Gasteiger partial charge in [0.1, 0.15) is 11.1 Å². The summed E-state index contributed by atoms with van der Waals surface area (Å²) in [6, 6.07) is 20.3. The largest absolute Gasteiger partial charge is 0.497 e. The summed E-state index contributed by atoms with van der Waals surface area (Å²) in [5.41, 5.74) is 1.72. The first-order valence-electron chi connectivity index (χ1n) is 9.01. The Kier molecular flexibility index (Phi) is 3.98. The first-order chi connectivity index (χ1) is 14.3. The molecular formula is C22H16N4O3. The van der Waals surface area contributed by atoms with Crippen molar-refractivity contribution in [3.05, 3.63) is 89.5 Å². The maximum absolute atomic E-state index is 13.4. The van der Waals surface area contributed by atoms with Crippen molar-refractivity contribution >= 4 is 11.0 Å². The Morgan fingerprint density at radius 1 is 0.931 bits per heavy atom. The molecule has 142 valence electrons. The molecule has 0 aliphatic carbocycles. The van der Waals surface area contributed by atoms with E-state index in [0.29, 0.717) is 34.1 Å². The summed E-state index contributed by atoms with van der Waals surface area (Å²) in [5, 5.41) is 4.82. The van der Waals surface area contributed by atoms with Crippen molar-refractivity contribution in [1.29, 1.82) is 0 Å². The number of para-hydroxylation sites is 1. The van der Waals surface area contributed by atoms with Crippen LogP contribution in [0.3, 0.4) is 0 Å². The van der Waals surface area contributed by atoms with E-state index in [1.54, 1.807) is 48.5 Å². The van der Waals surface area contributed by atoms with E-state index in [2.05, 4.69) is 5.10 Å². The molecule has 3 heterocycles. The molecule has 0 spiro atoms. The Labute approximate surface area is 165 Å². The molecule has 2 aromatic carbocycles. The first kappa shape index (κ1) is 17.0. The monoisotopic (exact) mass is 384 g/mol. The SMILES string of the molecule is COc1ccc(-n2c(-c3ccco3)nc3c(cnn3-c3ccccc3)c2=O)cc1. The Morgan fingerprint density at radius 2 is 1.72 bits per heavy atom. The summed E-state index contributed by atoms with van der Waals surface area (Å²) in [7, 11) is 1.60. The van der Waals surface area contributed by atoms with Gasteiger partial charge in [0.25, 0.3) is 5.56 Å². The highest BCUT2D eigenvalue weighted by atomic mass is 16.5. The first-order valence-corrected chi connectivity index (χ1v) is 9.01. The molecule has 0 unspecified atom stereocenters. The molecule has 29 heavy (non-hydrogen) atoms. The van der Waals surface area contributed by atoms with E-state index < -0.39 is 0 Å². The average molecular weight is 384 g/mol. The average Bonchev–Trinajstić information content (AvgIpc) is 3.45. The van der Waals surface area contributed by atoms with Gasteiger partial charge in [0.15, 0.2) is 17.2 Å². The summed E-state index contributed by atoms with van der Waals surface area (Å²) in [6.07, 6.45) is 3.10. The summed E-state index contributed by atoms with van der Waals surface area (Å²) in [4.78, 5) is 18.2. The van der Waals surface area contributed by atoms with Gasteiger partial charge in [-0.05, 0) is 48.5 Å². The molecule has 5 rings (SSSR count). The second kappa shape index (κ2) is 6.79. The van der Waals surface area contributed by atoms with Gasteiger partial charge in [-0.1, -0.05) is 18.2 Å². The standard InChI is InChI=1S/C22H16N4O3/c1-28-17-11-9-15(10-12-17)25-21(19-8-5-13-29-19)24-20-18(22(25)27)14-23-26(20)16-6-3-2-4-7-16/h2-14H,1H3. The molecule has 0 bridgehead atoms. The molecule has 0 radical (unpaired) electrons. The van der Waals surface area contributed by atoms with Crippen LogP contribution in [0.4, 0.5) is 0 Å². The van der Waals surface area contributed by atoms with Crippen LogP contribution in [0.1, 0.15) is 0 Å². The van der Waals surface area contributed by atoms with Crippen LogP contribution in [-0.4, -0.2) is 26.4 Å². The molecule has 7 nitrogen and oxygen atoms in total. The fourth-order valence-corrected chi connectivity index (χ4v) is 3.27. The maximum Gasteiger partial charge on any atom is 0.269 e. The van der Waals surface area contributed by atoms with Crippen molar-refractivity contribution in [1.82, 2.24) is 19.3 Å². The fraction of sp³-hybridized carbons (Fsp3) is 0.0455. The molecule has 0 fully saturated rings. The summed E-state index contributed by atoms with van der Waals surface area (Å²) in [6.45, 7) is 0. The van der Waals surface area contributed by atoms with Crippen LogP contribution in [0.5, 0.6) is 5.75 Å².